The Bertz CT molecular complexity index is 132. The van der Waals surface area contributed by atoms with Gasteiger partial charge in [0.2, 0.25) is 0 Å². The smallest absolute Gasteiger partial charge is 0.158 e. The molecule has 0 aromatic rings. The summed E-state index contributed by atoms with van der Waals surface area (Å²) >= 11 is 0. The molecule has 0 saturated carbocycles. The zero-order valence-electron chi connectivity index (χ0n) is 7.29. The molecule has 0 spiro atoms. The molecule has 0 aromatic heterocycles. The minimum Gasteiger partial charge on any atom is -0.295 e. The average molecular weight is 146 g/mol. The van der Waals surface area contributed by atoms with Gasteiger partial charge < -0.3 is 0 Å². The van der Waals surface area contributed by atoms with Gasteiger partial charge in [0.25, 0.3) is 0 Å². The van der Waals surface area contributed by atoms with Gasteiger partial charge in [-0.25, -0.2) is 4.39 Å². The number of ketones is 1. The van der Waals surface area contributed by atoms with Crippen LogP contribution in [0.1, 0.15) is 34.6 Å². The molecule has 10 heavy (non-hydrogen) atoms. The molecule has 0 aromatic carbocycles. The van der Waals surface area contributed by atoms with E-state index in [2.05, 4.69) is 0 Å². The van der Waals surface area contributed by atoms with Crippen LogP contribution in [0.4, 0.5) is 4.39 Å². The van der Waals surface area contributed by atoms with Crippen molar-refractivity contribution in [3.8, 4) is 0 Å². The van der Waals surface area contributed by atoms with Crippen molar-refractivity contribution in [2.75, 3.05) is 0 Å². The molecule has 0 amide bonds. The molecule has 0 N–H and O–H groups in total. The number of hydrogen-bond donors (Lipinski definition) is 0. The number of allylic oxidation sites excluding steroid dienone is 2. The van der Waals surface area contributed by atoms with Crippen LogP contribution < -0.4 is 0 Å². The Labute approximate surface area is 61.9 Å². The van der Waals surface area contributed by atoms with E-state index in [-0.39, 0.29) is 11.4 Å². The summed E-state index contributed by atoms with van der Waals surface area (Å²) in [4.78, 5) is 10.3. The summed E-state index contributed by atoms with van der Waals surface area (Å²) in [6, 6.07) is 0. The van der Waals surface area contributed by atoms with Crippen LogP contribution in [0.25, 0.3) is 0 Å². The number of carbonyl (C=O) groups excluding carboxylic acids is 1. The van der Waals surface area contributed by atoms with E-state index in [4.69, 9.17) is 0 Å². The predicted octanol–water partition coefficient (Wildman–Crippen LogP) is 2.87. The molecule has 0 heterocycles. The van der Waals surface area contributed by atoms with Crippen molar-refractivity contribution < 1.29 is 9.18 Å². The van der Waals surface area contributed by atoms with Crippen molar-refractivity contribution in [3.63, 3.8) is 0 Å². The van der Waals surface area contributed by atoms with Gasteiger partial charge in [0.05, 0.1) is 0 Å². The molecule has 60 valence electrons. The maximum absolute atomic E-state index is 12.0. The van der Waals surface area contributed by atoms with Gasteiger partial charge in [-0.15, -0.1) is 0 Å². The molecule has 0 unspecified atom stereocenters. The second kappa shape index (κ2) is 6.46. The van der Waals surface area contributed by atoms with Crippen LogP contribution in [0.5, 0.6) is 0 Å². The molecule has 0 aliphatic heterocycles. The number of hydrogen-bond acceptors (Lipinski definition) is 1. The van der Waals surface area contributed by atoms with Gasteiger partial charge in [-0.2, -0.15) is 0 Å². The highest BCUT2D eigenvalue weighted by Crippen LogP contribution is 2.03. The first-order valence-corrected chi connectivity index (χ1v) is 3.39. The Morgan fingerprint density at radius 3 is 1.40 bits per heavy atom. The summed E-state index contributed by atoms with van der Waals surface area (Å²) < 4.78 is 12.0. The van der Waals surface area contributed by atoms with E-state index in [0.29, 0.717) is 0 Å². The SMILES string of the molecule is CC.CC(=O)/C(C)=C(/C)F. The number of Topliss-reactive ketones (excluding diaryl/α,β-unsaturated/α-hetero) is 1. The van der Waals surface area contributed by atoms with Crippen molar-refractivity contribution in [3.05, 3.63) is 11.4 Å². The van der Waals surface area contributed by atoms with Crippen LogP contribution in [0, 0.1) is 0 Å². The van der Waals surface area contributed by atoms with E-state index in [1.165, 1.54) is 20.8 Å². The molecule has 0 aliphatic carbocycles. The lowest BCUT2D eigenvalue weighted by atomic mass is 10.2. The highest BCUT2D eigenvalue weighted by Gasteiger charge is 1.98. The molecule has 0 atom stereocenters. The second-order valence-electron chi connectivity index (χ2n) is 1.71. The number of rotatable bonds is 1. The van der Waals surface area contributed by atoms with Crippen LogP contribution in [0.15, 0.2) is 11.4 Å². The normalized spacial score (nSPS) is 11.0. The van der Waals surface area contributed by atoms with E-state index in [1.807, 2.05) is 13.8 Å². The van der Waals surface area contributed by atoms with E-state index >= 15 is 0 Å². The third-order valence-corrected chi connectivity index (χ3v) is 1.04. The topological polar surface area (TPSA) is 17.1 Å². The van der Waals surface area contributed by atoms with Crippen LogP contribution in [-0.2, 0) is 4.79 Å². The maximum atomic E-state index is 12.0. The van der Waals surface area contributed by atoms with Gasteiger partial charge in [-0.3, -0.25) is 4.79 Å². The molecule has 2 heteroatoms. The molecule has 0 fully saturated rings. The fourth-order valence-corrected chi connectivity index (χ4v) is 0.243. The Morgan fingerprint density at radius 1 is 1.10 bits per heavy atom. The van der Waals surface area contributed by atoms with Gasteiger partial charge in [-0.05, 0) is 20.8 Å². The van der Waals surface area contributed by atoms with Crippen molar-refractivity contribution in [1.29, 1.82) is 0 Å². The van der Waals surface area contributed by atoms with Gasteiger partial charge in [-0.1, -0.05) is 13.8 Å². The summed E-state index contributed by atoms with van der Waals surface area (Å²) in [6.45, 7) is 8.09. The lowest BCUT2D eigenvalue weighted by molar-refractivity contribution is -0.113. The van der Waals surface area contributed by atoms with E-state index in [1.54, 1.807) is 0 Å². The van der Waals surface area contributed by atoms with Crippen molar-refractivity contribution in [2.45, 2.75) is 34.6 Å². The molecular weight excluding hydrogens is 131 g/mol. The molecule has 1 nitrogen and oxygen atoms in total. The molecule has 0 radical (unpaired) electrons. The summed E-state index contributed by atoms with van der Waals surface area (Å²) in [5, 5.41) is 0. The van der Waals surface area contributed by atoms with Crippen LogP contribution >= 0.6 is 0 Å². The maximum Gasteiger partial charge on any atom is 0.158 e. The minimum absolute atomic E-state index is 0.204. The van der Waals surface area contributed by atoms with Crippen LogP contribution in [0.3, 0.4) is 0 Å². The van der Waals surface area contributed by atoms with Crippen LogP contribution in [0.2, 0.25) is 0 Å². The zero-order chi connectivity index (χ0) is 8.73. The Morgan fingerprint density at radius 2 is 1.40 bits per heavy atom. The van der Waals surface area contributed by atoms with Crippen molar-refractivity contribution in [1.82, 2.24) is 0 Å². The molecule has 0 aliphatic rings. The first kappa shape index (κ1) is 12.1. The van der Waals surface area contributed by atoms with E-state index in [9.17, 15) is 9.18 Å². The largest absolute Gasteiger partial charge is 0.295 e. The Kier molecular flexibility index (Phi) is 7.79. The van der Waals surface area contributed by atoms with E-state index in [0.717, 1.165) is 0 Å². The molecule has 0 saturated heterocycles. The molecule has 0 bridgehead atoms. The lowest BCUT2D eigenvalue weighted by Gasteiger charge is -1.90. The standard InChI is InChI=1S/C6H9FO.C2H6/c1-4(5(2)7)6(3)8;1-2/h1-3H3;1-2H3/b5-4-;. The Balaban J connectivity index is 0. The number of halogens is 1. The van der Waals surface area contributed by atoms with Crippen LogP contribution in [-0.4, -0.2) is 5.78 Å². The van der Waals surface area contributed by atoms with Gasteiger partial charge in [0.1, 0.15) is 5.83 Å². The predicted molar refractivity (Wildman–Crippen MR) is 41.5 cm³/mol. The summed E-state index contributed by atoms with van der Waals surface area (Å²) in [5.74, 6) is -0.595. The Hall–Kier alpha value is -0.660. The van der Waals surface area contributed by atoms with Gasteiger partial charge in [0.15, 0.2) is 5.78 Å². The third-order valence-electron chi connectivity index (χ3n) is 1.04. The quantitative estimate of drug-likeness (QED) is 0.520. The number of carbonyl (C=O) groups is 1. The highest BCUT2D eigenvalue weighted by atomic mass is 19.1. The fourth-order valence-electron chi connectivity index (χ4n) is 0.243. The fraction of sp³-hybridized carbons (Fsp3) is 0.625. The third kappa shape index (κ3) is 5.48. The summed E-state index contributed by atoms with van der Waals surface area (Å²) in [5.41, 5.74) is 0.213. The molecule has 0 rings (SSSR count). The first-order valence-electron chi connectivity index (χ1n) is 3.39. The van der Waals surface area contributed by atoms with E-state index < -0.39 is 5.83 Å². The first-order chi connectivity index (χ1) is 4.55. The minimum atomic E-state index is -0.391. The zero-order valence-corrected chi connectivity index (χ0v) is 7.29. The van der Waals surface area contributed by atoms with Crippen molar-refractivity contribution >= 4 is 5.78 Å². The molecular formula is C8H15FO. The van der Waals surface area contributed by atoms with Crippen molar-refractivity contribution in [2.24, 2.45) is 0 Å². The second-order valence-corrected chi connectivity index (χ2v) is 1.71. The highest BCUT2D eigenvalue weighted by molar-refractivity contribution is 5.92. The lowest BCUT2D eigenvalue weighted by Crippen LogP contribution is -1.91. The monoisotopic (exact) mass is 146 g/mol. The average Bonchev–Trinajstić information content (AvgIpc) is 1.90. The summed E-state index contributed by atoms with van der Waals surface area (Å²) in [7, 11) is 0. The van der Waals surface area contributed by atoms with Gasteiger partial charge >= 0.3 is 0 Å². The van der Waals surface area contributed by atoms with Gasteiger partial charge in [0, 0.05) is 5.57 Å². The summed E-state index contributed by atoms with van der Waals surface area (Å²) in [6.07, 6.45) is 0.